The second-order valence-electron chi connectivity index (χ2n) is 0.978. The van der Waals surface area contributed by atoms with Gasteiger partial charge in [0.05, 0.1) is 0 Å². The average molecular weight is 125 g/mol. The van der Waals surface area contributed by atoms with Gasteiger partial charge >= 0.3 is 0 Å². The van der Waals surface area contributed by atoms with Crippen molar-refractivity contribution in [3.05, 3.63) is 0 Å². The molecule has 0 heterocycles. The van der Waals surface area contributed by atoms with E-state index in [0.29, 0.717) is 0 Å². The van der Waals surface area contributed by atoms with E-state index in [0.717, 1.165) is 0 Å². The zero-order valence-corrected chi connectivity index (χ0v) is 4.91. The molecule has 0 radical (unpaired) electrons. The van der Waals surface area contributed by atoms with E-state index in [-0.39, 0.29) is 6.54 Å². The van der Waals surface area contributed by atoms with Gasteiger partial charge < -0.3 is 10.8 Å². The predicted molar refractivity (Wildman–Crippen MR) is 32.0 cm³/mol. The van der Waals surface area contributed by atoms with Gasteiger partial charge in [-0.05, 0) is 0 Å². The summed E-state index contributed by atoms with van der Waals surface area (Å²) < 4.78 is -1.29. The molecular formula is C2H7NOS2. The molecule has 4 heteroatoms. The van der Waals surface area contributed by atoms with Crippen molar-refractivity contribution in [1.82, 2.24) is 0 Å². The van der Waals surface area contributed by atoms with Crippen LogP contribution in [0.5, 0.6) is 0 Å². The number of aliphatic hydroxyl groups is 1. The van der Waals surface area contributed by atoms with Crippen LogP contribution >= 0.6 is 25.3 Å². The highest BCUT2D eigenvalue weighted by Crippen LogP contribution is 2.10. The van der Waals surface area contributed by atoms with Crippen molar-refractivity contribution in [2.75, 3.05) is 6.54 Å². The highest BCUT2D eigenvalue weighted by atomic mass is 32.2. The lowest BCUT2D eigenvalue weighted by Gasteiger charge is -2.08. The van der Waals surface area contributed by atoms with E-state index in [1.807, 2.05) is 0 Å². The van der Waals surface area contributed by atoms with Crippen molar-refractivity contribution < 1.29 is 5.11 Å². The normalized spacial score (nSPS) is 12.0. The third kappa shape index (κ3) is 4.62. The molecule has 0 aliphatic carbocycles. The van der Waals surface area contributed by atoms with Gasteiger partial charge in [0.15, 0.2) is 4.27 Å². The van der Waals surface area contributed by atoms with Crippen LogP contribution in [-0.2, 0) is 0 Å². The van der Waals surface area contributed by atoms with Crippen molar-refractivity contribution >= 4 is 25.3 Å². The van der Waals surface area contributed by atoms with E-state index in [1.165, 1.54) is 0 Å². The minimum Gasteiger partial charge on any atom is -0.369 e. The fraction of sp³-hybridized carbons (Fsp3) is 1.00. The molecule has 0 spiro atoms. The Morgan fingerprint density at radius 1 is 1.67 bits per heavy atom. The largest absolute Gasteiger partial charge is 0.369 e. The van der Waals surface area contributed by atoms with Crippen LogP contribution in [0.1, 0.15) is 0 Å². The third-order valence-electron chi connectivity index (χ3n) is 0.274. The van der Waals surface area contributed by atoms with Crippen LogP contribution in [0.3, 0.4) is 0 Å². The van der Waals surface area contributed by atoms with E-state index >= 15 is 0 Å². The molecule has 3 N–H and O–H groups in total. The molecule has 2 nitrogen and oxygen atoms in total. The second kappa shape index (κ2) is 2.07. The minimum absolute atomic E-state index is 0.0548. The Kier molecular flexibility index (Phi) is 2.28. The van der Waals surface area contributed by atoms with E-state index in [9.17, 15) is 0 Å². The molecule has 6 heavy (non-hydrogen) atoms. The van der Waals surface area contributed by atoms with Crippen LogP contribution in [0.15, 0.2) is 0 Å². The van der Waals surface area contributed by atoms with Crippen molar-refractivity contribution in [2.45, 2.75) is 4.27 Å². The van der Waals surface area contributed by atoms with E-state index in [1.54, 1.807) is 0 Å². The molecular weight excluding hydrogens is 118 g/mol. The fourth-order valence-corrected chi connectivity index (χ4v) is 0. The first-order valence-corrected chi connectivity index (χ1v) is 2.33. The van der Waals surface area contributed by atoms with Crippen LogP contribution in [0.2, 0.25) is 0 Å². The Bertz CT molecular complexity index is 41.3. The quantitative estimate of drug-likeness (QED) is 0.281. The number of rotatable bonds is 1. The number of hydrogen-bond acceptors (Lipinski definition) is 4. The summed E-state index contributed by atoms with van der Waals surface area (Å²) >= 11 is 7.10. The van der Waals surface area contributed by atoms with Crippen LogP contribution in [-0.4, -0.2) is 15.9 Å². The van der Waals surface area contributed by atoms with Crippen LogP contribution in [0.25, 0.3) is 0 Å². The first kappa shape index (κ1) is 6.62. The summed E-state index contributed by atoms with van der Waals surface area (Å²) in [6.07, 6.45) is 0. The molecule has 0 amide bonds. The zero-order valence-electron chi connectivity index (χ0n) is 3.13. The minimum atomic E-state index is -1.29. The predicted octanol–water partition coefficient (Wildman–Crippen LogP) is -0.549. The first-order chi connectivity index (χ1) is 2.56. The monoisotopic (exact) mass is 125 g/mol. The van der Waals surface area contributed by atoms with Gasteiger partial charge in [-0.15, -0.1) is 25.3 Å². The molecule has 0 bridgehead atoms. The molecule has 0 unspecified atom stereocenters. The Hall–Kier alpha value is 0.620. The Morgan fingerprint density at radius 2 is 1.83 bits per heavy atom. The molecule has 0 saturated heterocycles. The van der Waals surface area contributed by atoms with Crippen molar-refractivity contribution in [3.63, 3.8) is 0 Å². The Labute approximate surface area is 47.5 Å². The SMILES string of the molecule is NCC(O)(S)S. The maximum Gasteiger partial charge on any atom is 0.164 e. The molecule has 0 aromatic rings. The highest BCUT2D eigenvalue weighted by molar-refractivity contribution is 8.00. The molecule has 0 saturated carbocycles. The average Bonchev–Trinajstić information content (AvgIpc) is 1.35. The van der Waals surface area contributed by atoms with Crippen molar-refractivity contribution in [3.8, 4) is 0 Å². The molecule has 0 aromatic heterocycles. The van der Waals surface area contributed by atoms with E-state index < -0.39 is 4.27 Å². The van der Waals surface area contributed by atoms with Gasteiger partial charge in [0, 0.05) is 6.54 Å². The zero-order chi connectivity index (χ0) is 5.21. The van der Waals surface area contributed by atoms with Gasteiger partial charge in [-0.1, -0.05) is 0 Å². The lowest BCUT2D eigenvalue weighted by Crippen LogP contribution is -2.24. The Balaban J connectivity index is 3.17. The number of thiol groups is 2. The van der Waals surface area contributed by atoms with Crippen LogP contribution in [0.4, 0.5) is 0 Å². The van der Waals surface area contributed by atoms with Gasteiger partial charge in [0.2, 0.25) is 0 Å². The molecule has 0 fully saturated rings. The lowest BCUT2D eigenvalue weighted by molar-refractivity contribution is 0.243. The standard InChI is InChI=1S/C2H7NOS2/c3-1-2(4,5)6/h4-6H,1,3H2. The summed E-state index contributed by atoms with van der Waals surface area (Å²) in [6.45, 7) is 0.0548. The van der Waals surface area contributed by atoms with Gasteiger partial charge in [-0.3, -0.25) is 0 Å². The molecule has 0 aliphatic heterocycles. The summed E-state index contributed by atoms with van der Waals surface area (Å²) in [5.41, 5.74) is 4.90. The second-order valence-corrected chi connectivity index (χ2v) is 2.81. The summed E-state index contributed by atoms with van der Waals surface area (Å²) in [5, 5.41) is 8.43. The molecule has 0 aliphatic rings. The fourth-order valence-electron chi connectivity index (χ4n) is 0. The molecule has 0 aromatic carbocycles. The molecule has 0 atom stereocenters. The lowest BCUT2D eigenvalue weighted by atomic mass is 10.7. The maximum atomic E-state index is 8.43. The van der Waals surface area contributed by atoms with Crippen LogP contribution < -0.4 is 5.73 Å². The number of hydrogen-bond donors (Lipinski definition) is 4. The first-order valence-electron chi connectivity index (χ1n) is 1.43. The van der Waals surface area contributed by atoms with E-state index in [2.05, 4.69) is 25.3 Å². The van der Waals surface area contributed by atoms with Gasteiger partial charge in [0.1, 0.15) is 0 Å². The van der Waals surface area contributed by atoms with Crippen molar-refractivity contribution in [1.29, 1.82) is 0 Å². The molecule has 0 rings (SSSR count). The smallest absolute Gasteiger partial charge is 0.164 e. The highest BCUT2D eigenvalue weighted by Gasteiger charge is 2.09. The topological polar surface area (TPSA) is 46.2 Å². The maximum absolute atomic E-state index is 8.43. The Morgan fingerprint density at radius 3 is 1.83 bits per heavy atom. The summed E-state index contributed by atoms with van der Waals surface area (Å²) in [5.74, 6) is 0. The molecule has 38 valence electrons. The van der Waals surface area contributed by atoms with Crippen molar-refractivity contribution in [2.24, 2.45) is 5.73 Å². The van der Waals surface area contributed by atoms with Gasteiger partial charge in [-0.2, -0.15) is 0 Å². The summed E-state index contributed by atoms with van der Waals surface area (Å²) in [6, 6.07) is 0. The summed E-state index contributed by atoms with van der Waals surface area (Å²) in [7, 11) is 0. The van der Waals surface area contributed by atoms with E-state index in [4.69, 9.17) is 10.8 Å². The summed E-state index contributed by atoms with van der Waals surface area (Å²) in [4.78, 5) is 0. The van der Waals surface area contributed by atoms with Gasteiger partial charge in [-0.25, -0.2) is 0 Å². The third-order valence-corrected chi connectivity index (χ3v) is 0.639. The number of nitrogens with two attached hydrogens (primary N) is 1. The van der Waals surface area contributed by atoms with Gasteiger partial charge in [0.25, 0.3) is 0 Å². The van der Waals surface area contributed by atoms with Crippen LogP contribution in [0, 0.1) is 0 Å².